The number of pyridine rings is 2. The molecule has 3 atom stereocenters. The number of cyclic esters (lactones) is 1. The number of aryl methyl sites for hydroxylation is 1. The van der Waals surface area contributed by atoms with Gasteiger partial charge >= 0.3 is 5.97 Å². The summed E-state index contributed by atoms with van der Waals surface area (Å²) in [4.78, 5) is 43.6. The first-order chi connectivity index (χ1) is 18.0. The molecular weight excluding hydrogens is 493 g/mol. The monoisotopic (exact) mass is 521 g/mol. The zero-order chi connectivity index (χ0) is 27.1. The normalized spacial score (nSPS) is 21.4. The number of aliphatic hydroxyl groups excluding tert-OH is 1. The number of esters is 1. The van der Waals surface area contributed by atoms with Crippen LogP contribution in [-0.2, 0) is 33.1 Å². The number of carbonyl (C=O) groups is 2. The van der Waals surface area contributed by atoms with E-state index in [0.717, 1.165) is 12.8 Å². The van der Waals surface area contributed by atoms with Gasteiger partial charge in [-0.2, -0.15) is 0 Å². The predicted molar refractivity (Wildman–Crippen MR) is 135 cm³/mol. The minimum absolute atomic E-state index is 0.0157. The second kappa shape index (κ2) is 8.44. The molecule has 3 aliphatic rings. The van der Waals surface area contributed by atoms with Crippen LogP contribution in [0, 0.1) is 18.7 Å². The molecule has 1 aliphatic carbocycles. The van der Waals surface area contributed by atoms with Crippen molar-refractivity contribution in [3.63, 3.8) is 0 Å². The van der Waals surface area contributed by atoms with Crippen molar-refractivity contribution in [3.8, 4) is 11.4 Å². The smallest absolute Gasteiger partial charge is 0.343 e. The number of carbonyl (C=O) groups excluding carboxylic acids is 2. The third-order valence-corrected chi connectivity index (χ3v) is 8.14. The zero-order valence-electron chi connectivity index (χ0n) is 21.3. The van der Waals surface area contributed by atoms with E-state index in [1.165, 1.54) is 10.6 Å². The highest BCUT2D eigenvalue weighted by Gasteiger charge is 2.45. The van der Waals surface area contributed by atoms with Gasteiger partial charge in [-0.3, -0.25) is 9.59 Å². The Kier molecular flexibility index (Phi) is 5.48. The molecule has 10 heteroatoms. The van der Waals surface area contributed by atoms with Crippen LogP contribution in [0.2, 0.25) is 0 Å². The van der Waals surface area contributed by atoms with E-state index in [0.29, 0.717) is 39.0 Å². The summed E-state index contributed by atoms with van der Waals surface area (Å²) in [6.45, 7) is 4.94. The summed E-state index contributed by atoms with van der Waals surface area (Å²) >= 11 is 0. The number of aromatic nitrogens is 2. The Morgan fingerprint density at radius 1 is 1.29 bits per heavy atom. The first-order valence-electron chi connectivity index (χ1n) is 12.8. The van der Waals surface area contributed by atoms with E-state index in [2.05, 4.69) is 5.32 Å². The van der Waals surface area contributed by atoms with Gasteiger partial charge in [0.15, 0.2) is 5.60 Å². The average molecular weight is 522 g/mol. The maximum Gasteiger partial charge on any atom is 0.343 e. The Bertz CT molecular complexity index is 1610. The second-order valence-corrected chi connectivity index (χ2v) is 10.6. The van der Waals surface area contributed by atoms with Crippen LogP contribution in [0.15, 0.2) is 23.0 Å². The van der Waals surface area contributed by atoms with E-state index >= 15 is 0 Å². The molecule has 0 radical (unpaired) electrons. The summed E-state index contributed by atoms with van der Waals surface area (Å²) in [5.74, 6) is -1.79. The molecule has 1 fully saturated rings. The Balaban J connectivity index is 1.56. The molecule has 0 saturated heterocycles. The van der Waals surface area contributed by atoms with Gasteiger partial charge in [-0.15, -0.1) is 0 Å². The van der Waals surface area contributed by atoms with Gasteiger partial charge in [-0.1, -0.05) is 6.92 Å². The molecule has 6 rings (SSSR count). The molecule has 1 saturated carbocycles. The maximum absolute atomic E-state index is 14.6. The van der Waals surface area contributed by atoms with Crippen LogP contribution in [0.4, 0.5) is 4.39 Å². The molecule has 2 aromatic heterocycles. The largest absolute Gasteiger partial charge is 0.458 e. The molecule has 9 nitrogen and oxygen atoms in total. The number of rotatable bonds is 5. The van der Waals surface area contributed by atoms with Crippen molar-refractivity contribution in [3.05, 3.63) is 62.2 Å². The first-order valence-corrected chi connectivity index (χ1v) is 12.8. The lowest BCUT2D eigenvalue weighted by Crippen LogP contribution is -2.44. The first kappa shape index (κ1) is 24.7. The fourth-order valence-corrected chi connectivity index (χ4v) is 5.73. The van der Waals surface area contributed by atoms with E-state index < -0.39 is 41.0 Å². The molecule has 1 amide bonds. The number of amides is 1. The standard InChI is InChI=1S/C28H28FN3O6/c1-4-28(37)18-8-21-23-16(10-32(21)26(35)17(18)11-38-27(28)36)22(13(3)30-25(34)24(33)14-5-6-14)15-7-12(2)19(29)9-20(15)31-23/h7-9,13-14,24,33,37H,4-6,10-11H2,1-3H3,(H,30,34)/t13-,24+,28+/m1/s1. The van der Waals surface area contributed by atoms with Gasteiger partial charge < -0.3 is 24.8 Å². The van der Waals surface area contributed by atoms with Crippen LogP contribution in [0.5, 0.6) is 0 Å². The van der Waals surface area contributed by atoms with Crippen LogP contribution >= 0.6 is 0 Å². The summed E-state index contributed by atoms with van der Waals surface area (Å²) in [7, 11) is 0. The Morgan fingerprint density at radius 3 is 2.71 bits per heavy atom. The molecule has 1 aromatic carbocycles. The molecule has 2 aliphatic heterocycles. The third-order valence-electron chi connectivity index (χ3n) is 8.14. The topological polar surface area (TPSA) is 131 Å². The van der Waals surface area contributed by atoms with Crippen molar-refractivity contribution in [1.82, 2.24) is 14.9 Å². The number of halogens is 1. The van der Waals surface area contributed by atoms with Gasteiger partial charge in [0.2, 0.25) is 5.91 Å². The number of hydrogen-bond acceptors (Lipinski definition) is 7. The number of benzene rings is 1. The minimum Gasteiger partial charge on any atom is -0.458 e. The SMILES string of the molecule is CC[C@@]1(O)C(=O)OCc2c1cc1n(c2=O)Cc2c-1nc1cc(F)c(C)cc1c2[C@@H](C)NC(=O)[C@@H](O)C1CC1. The summed E-state index contributed by atoms with van der Waals surface area (Å²) in [5, 5.41) is 25.0. The van der Waals surface area contributed by atoms with Gasteiger partial charge in [0, 0.05) is 22.6 Å². The van der Waals surface area contributed by atoms with Crippen molar-refractivity contribution in [1.29, 1.82) is 0 Å². The Labute approximate surface area is 217 Å². The second-order valence-electron chi connectivity index (χ2n) is 10.6. The fourth-order valence-electron chi connectivity index (χ4n) is 5.73. The summed E-state index contributed by atoms with van der Waals surface area (Å²) in [6, 6.07) is 4.00. The average Bonchev–Trinajstić information content (AvgIpc) is 3.67. The molecule has 0 unspecified atom stereocenters. The molecule has 0 spiro atoms. The molecular formula is C28H28FN3O6. The van der Waals surface area contributed by atoms with E-state index in [1.807, 2.05) is 0 Å². The van der Waals surface area contributed by atoms with Gasteiger partial charge in [-0.05, 0) is 62.3 Å². The quantitative estimate of drug-likeness (QED) is 0.344. The summed E-state index contributed by atoms with van der Waals surface area (Å²) < 4.78 is 21.3. The van der Waals surface area contributed by atoms with Crippen molar-refractivity contribution >= 4 is 22.8 Å². The van der Waals surface area contributed by atoms with E-state index in [-0.39, 0.29) is 36.6 Å². The van der Waals surface area contributed by atoms with Crippen molar-refractivity contribution in [2.45, 2.75) is 70.9 Å². The van der Waals surface area contributed by atoms with Gasteiger partial charge in [0.05, 0.1) is 35.1 Å². The summed E-state index contributed by atoms with van der Waals surface area (Å²) in [6.07, 6.45) is 0.512. The van der Waals surface area contributed by atoms with Crippen molar-refractivity contribution in [2.75, 3.05) is 0 Å². The zero-order valence-corrected chi connectivity index (χ0v) is 21.3. The van der Waals surface area contributed by atoms with E-state index in [9.17, 15) is 29.0 Å². The number of nitrogens with one attached hydrogen (secondary N) is 1. The third kappa shape index (κ3) is 3.50. The lowest BCUT2D eigenvalue weighted by molar-refractivity contribution is -0.172. The lowest BCUT2D eigenvalue weighted by Gasteiger charge is -2.31. The van der Waals surface area contributed by atoms with Crippen LogP contribution < -0.4 is 10.9 Å². The van der Waals surface area contributed by atoms with Gasteiger partial charge in [0.25, 0.3) is 5.56 Å². The molecule has 3 aromatic rings. The highest BCUT2D eigenvalue weighted by Crippen LogP contribution is 2.42. The molecule has 4 heterocycles. The predicted octanol–water partition coefficient (Wildman–Crippen LogP) is 2.48. The number of nitrogens with zero attached hydrogens (tertiary/aromatic N) is 2. The van der Waals surface area contributed by atoms with Crippen LogP contribution in [-0.4, -0.2) is 37.7 Å². The number of ether oxygens (including phenoxy) is 1. The van der Waals surface area contributed by atoms with Crippen LogP contribution in [0.25, 0.3) is 22.3 Å². The molecule has 0 bridgehead atoms. The van der Waals surface area contributed by atoms with Crippen molar-refractivity contribution in [2.24, 2.45) is 5.92 Å². The number of aliphatic hydroxyl groups is 2. The maximum atomic E-state index is 14.6. The molecule has 38 heavy (non-hydrogen) atoms. The van der Waals surface area contributed by atoms with Gasteiger partial charge in [0.1, 0.15) is 18.5 Å². The molecule has 198 valence electrons. The van der Waals surface area contributed by atoms with E-state index in [1.54, 1.807) is 32.9 Å². The van der Waals surface area contributed by atoms with E-state index in [4.69, 9.17) is 9.72 Å². The number of hydrogen-bond donors (Lipinski definition) is 3. The fraction of sp³-hybridized carbons (Fsp3) is 0.429. The van der Waals surface area contributed by atoms with Crippen LogP contribution in [0.3, 0.4) is 0 Å². The summed E-state index contributed by atoms with van der Waals surface area (Å²) in [5.41, 5.74) is 0.913. The highest BCUT2D eigenvalue weighted by atomic mass is 19.1. The lowest BCUT2D eigenvalue weighted by atomic mass is 9.86. The van der Waals surface area contributed by atoms with Crippen LogP contribution in [0.1, 0.15) is 67.0 Å². The Hall–Kier alpha value is -3.63. The number of fused-ring (bicyclic) bond motifs is 5. The minimum atomic E-state index is -1.96. The Morgan fingerprint density at radius 2 is 2.03 bits per heavy atom. The molecule has 3 N–H and O–H groups in total. The van der Waals surface area contributed by atoms with Gasteiger partial charge in [-0.25, -0.2) is 14.2 Å². The highest BCUT2D eigenvalue weighted by molar-refractivity contribution is 5.91. The van der Waals surface area contributed by atoms with Crippen molar-refractivity contribution < 1.29 is 28.9 Å².